The predicted molar refractivity (Wildman–Crippen MR) is 52.7 cm³/mol. The van der Waals surface area contributed by atoms with Gasteiger partial charge in [-0.15, -0.1) is 0 Å². The molecule has 2 atom stereocenters. The number of hydrogen-bond acceptors (Lipinski definition) is 2. The zero-order valence-electron chi connectivity index (χ0n) is 8.74. The largest absolute Gasteiger partial charge is 0.419 e. The van der Waals surface area contributed by atoms with Crippen LogP contribution in [0, 0.1) is 0 Å². The van der Waals surface area contributed by atoms with Crippen LogP contribution in [0.1, 0.15) is 37.3 Å². The Hall–Kier alpha value is -1.04. The van der Waals surface area contributed by atoms with E-state index in [9.17, 15) is 13.2 Å². The van der Waals surface area contributed by atoms with Gasteiger partial charge in [-0.1, -0.05) is 0 Å². The summed E-state index contributed by atoms with van der Waals surface area (Å²) in [5.74, 6) is 0. The van der Waals surface area contributed by atoms with Gasteiger partial charge in [-0.3, -0.25) is 4.68 Å². The minimum absolute atomic E-state index is 0.0137. The quantitative estimate of drug-likeness (QED) is 0.809. The van der Waals surface area contributed by atoms with Crippen molar-refractivity contribution < 1.29 is 13.2 Å². The van der Waals surface area contributed by atoms with Crippen LogP contribution in [0.5, 0.6) is 0 Å². The van der Waals surface area contributed by atoms with Crippen LogP contribution in [0.25, 0.3) is 0 Å². The lowest BCUT2D eigenvalue weighted by Crippen LogP contribution is -2.29. The summed E-state index contributed by atoms with van der Waals surface area (Å²) in [5.41, 5.74) is 5.10. The molecule has 0 amide bonds. The van der Waals surface area contributed by atoms with Crippen LogP contribution in [0.4, 0.5) is 13.2 Å². The predicted octanol–water partition coefficient (Wildman–Crippen LogP) is 2.34. The van der Waals surface area contributed by atoms with Gasteiger partial charge in [0, 0.05) is 12.2 Å². The highest BCUT2D eigenvalue weighted by atomic mass is 19.4. The Balaban J connectivity index is 2.12. The third-order valence-electron chi connectivity index (χ3n) is 2.99. The van der Waals surface area contributed by atoms with Crippen molar-refractivity contribution in [3.8, 4) is 0 Å². The first-order valence-corrected chi connectivity index (χ1v) is 5.34. The molecular formula is C10H14F3N3. The number of halogens is 3. The van der Waals surface area contributed by atoms with Crippen LogP contribution < -0.4 is 5.73 Å². The summed E-state index contributed by atoms with van der Waals surface area (Å²) in [7, 11) is 0. The Morgan fingerprint density at radius 2 is 2.12 bits per heavy atom. The van der Waals surface area contributed by atoms with E-state index < -0.39 is 11.7 Å². The second kappa shape index (κ2) is 4.08. The highest BCUT2D eigenvalue weighted by Gasteiger charge is 2.33. The molecule has 90 valence electrons. The molecule has 6 heteroatoms. The molecule has 3 nitrogen and oxygen atoms in total. The van der Waals surface area contributed by atoms with E-state index in [1.54, 1.807) is 0 Å². The summed E-state index contributed by atoms with van der Waals surface area (Å²) < 4.78 is 38.5. The zero-order valence-corrected chi connectivity index (χ0v) is 8.74. The number of rotatable bonds is 1. The smallest absolute Gasteiger partial charge is 0.328 e. The van der Waals surface area contributed by atoms with E-state index in [2.05, 4.69) is 5.10 Å². The van der Waals surface area contributed by atoms with Crippen LogP contribution in [0.3, 0.4) is 0 Å². The van der Waals surface area contributed by atoms with E-state index in [4.69, 9.17) is 5.73 Å². The molecule has 0 aromatic carbocycles. The van der Waals surface area contributed by atoms with Crippen LogP contribution in [0.2, 0.25) is 0 Å². The van der Waals surface area contributed by atoms with Crippen molar-refractivity contribution in [1.82, 2.24) is 9.78 Å². The Bertz CT molecular complexity index is 358. The van der Waals surface area contributed by atoms with E-state index >= 15 is 0 Å². The van der Waals surface area contributed by atoms with Crippen LogP contribution in [0.15, 0.2) is 12.4 Å². The number of nitrogens with two attached hydrogens (primary N) is 1. The molecule has 1 heterocycles. The number of alkyl halides is 3. The zero-order chi connectivity index (χ0) is 11.8. The van der Waals surface area contributed by atoms with E-state index in [1.165, 1.54) is 4.68 Å². The van der Waals surface area contributed by atoms with Crippen molar-refractivity contribution in [3.05, 3.63) is 18.0 Å². The molecule has 1 aliphatic carbocycles. The fraction of sp³-hybridized carbons (Fsp3) is 0.700. The van der Waals surface area contributed by atoms with Gasteiger partial charge in [0.2, 0.25) is 0 Å². The fourth-order valence-electron chi connectivity index (χ4n) is 2.13. The van der Waals surface area contributed by atoms with E-state index in [0.29, 0.717) is 6.42 Å². The maximum Gasteiger partial charge on any atom is 0.419 e. The van der Waals surface area contributed by atoms with Gasteiger partial charge in [0.05, 0.1) is 17.8 Å². The van der Waals surface area contributed by atoms with Crippen molar-refractivity contribution in [1.29, 1.82) is 0 Å². The first kappa shape index (κ1) is 11.4. The first-order chi connectivity index (χ1) is 7.47. The maximum absolute atomic E-state index is 12.4. The standard InChI is InChI=1S/C10H14F3N3/c11-10(12,13)7-5-15-16(6-7)9-3-1-2-8(14)4-9/h5-6,8-9H,1-4,14H2. The molecule has 1 aromatic heterocycles. The minimum atomic E-state index is -4.31. The van der Waals surface area contributed by atoms with E-state index in [0.717, 1.165) is 31.7 Å². The van der Waals surface area contributed by atoms with Gasteiger partial charge in [0.25, 0.3) is 0 Å². The van der Waals surface area contributed by atoms with Crippen molar-refractivity contribution in [2.24, 2.45) is 5.73 Å². The molecule has 1 fully saturated rings. The van der Waals surface area contributed by atoms with Gasteiger partial charge in [-0.2, -0.15) is 18.3 Å². The van der Waals surface area contributed by atoms with E-state index in [-0.39, 0.29) is 12.1 Å². The van der Waals surface area contributed by atoms with Gasteiger partial charge >= 0.3 is 6.18 Å². The van der Waals surface area contributed by atoms with Crippen molar-refractivity contribution in [2.45, 2.75) is 43.9 Å². The molecule has 0 spiro atoms. The third kappa shape index (κ3) is 2.37. The highest BCUT2D eigenvalue weighted by Crippen LogP contribution is 2.32. The SMILES string of the molecule is NC1CCCC(n2cc(C(F)(F)F)cn2)C1. The second-order valence-electron chi connectivity index (χ2n) is 4.29. The molecule has 2 N–H and O–H groups in total. The maximum atomic E-state index is 12.4. The minimum Gasteiger partial charge on any atom is -0.328 e. The van der Waals surface area contributed by atoms with Gasteiger partial charge in [-0.05, 0) is 25.7 Å². The molecule has 0 radical (unpaired) electrons. The summed E-state index contributed by atoms with van der Waals surface area (Å²) in [6.45, 7) is 0. The lowest BCUT2D eigenvalue weighted by Gasteiger charge is -2.26. The Kier molecular flexibility index (Phi) is 2.92. The monoisotopic (exact) mass is 233 g/mol. The topological polar surface area (TPSA) is 43.8 Å². The highest BCUT2D eigenvalue weighted by molar-refractivity contribution is 5.09. The number of hydrogen-bond donors (Lipinski definition) is 1. The summed E-state index contributed by atoms with van der Waals surface area (Å²) in [4.78, 5) is 0. The molecule has 16 heavy (non-hydrogen) atoms. The molecular weight excluding hydrogens is 219 g/mol. The van der Waals surface area contributed by atoms with Gasteiger partial charge in [0.1, 0.15) is 0 Å². The molecule has 0 aliphatic heterocycles. The average molecular weight is 233 g/mol. The van der Waals surface area contributed by atoms with Crippen molar-refractivity contribution >= 4 is 0 Å². The lowest BCUT2D eigenvalue weighted by atomic mass is 9.92. The van der Waals surface area contributed by atoms with Gasteiger partial charge in [-0.25, -0.2) is 0 Å². The molecule has 0 bridgehead atoms. The van der Waals surface area contributed by atoms with Gasteiger partial charge in [0.15, 0.2) is 0 Å². The Morgan fingerprint density at radius 3 is 2.69 bits per heavy atom. The van der Waals surface area contributed by atoms with Gasteiger partial charge < -0.3 is 5.73 Å². The number of aromatic nitrogens is 2. The Morgan fingerprint density at radius 1 is 1.38 bits per heavy atom. The van der Waals surface area contributed by atoms with Crippen LogP contribution >= 0.6 is 0 Å². The van der Waals surface area contributed by atoms with E-state index in [1.807, 2.05) is 0 Å². The summed E-state index contributed by atoms with van der Waals surface area (Å²) >= 11 is 0. The second-order valence-corrected chi connectivity index (χ2v) is 4.29. The molecule has 2 unspecified atom stereocenters. The lowest BCUT2D eigenvalue weighted by molar-refractivity contribution is -0.137. The molecule has 2 rings (SSSR count). The van der Waals surface area contributed by atoms with Crippen LogP contribution in [-0.2, 0) is 6.18 Å². The summed E-state index contributed by atoms with van der Waals surface area (Å²) in [6, 6.07) is 0.0946. The number of nitrogens with zero attached hydrogens (tertiary/aromatic N) is 2. The molecule has 1 saturated carbocycles. The summed E-state index contributed by atoms with van der Waals surface area (Å²) in [6.07, 6.45) is 1.10. The van der Waals surface area contributed by atoms with Crippen molar-refractivity contribution in [3.63, 3.8) is 0 Å². The first-order valence-electron chi connectivity index (χ1n) is 5.34. The third-order valence-corrected chi connectivity index (χ3v) is 2.99. The fourth-order valence-corrected chi connectivity index (χ4v) is 2.13. The van der Waals surface area contributed by atoms with Crippen LogP contribution in [-0.4, -0.2) is 15.8 Å². The normalized spacial score (nSPS) is 27.0. The summed E-state index contributed by atoms with van der Waals surface area (Å²) in [5, 5.41) is 3.78. The molecule has 1 aliphatic rings. The average Bonchev–Trinajstić information content (AvgIpc) is 2.65. The Labute approximate surface area is 91.4 Å². The van der Waals surface area contributed by atoms with Crippen molar-refractivity contribution in [2.75, 3.05) is 0 Å². The molecule has 0 saturated heterocycles. The molecule has 1 aromatic rings.